The lowest BCUT2D eigenvalue weighted by Crippen LogP contribution is -2.06. The first kappa shape index (κ1) is 11.0. The molecule has 0 aliphatic carbocycles. The van der Waals surface area contributed by atoms with Crippen molar-refractivity contribution in [3.63, 3.8) is 0 Å². The predicted molar refractivity (Wildman–Crippen MR) is 79.7 cm³/mol. The van der Waals surface area contributed by atoms with Crippen molar-refractivity contribution < 1.29 is 0 Å². The van der Waals surface area contributed by atoms with E-state index in [1.165, 1.54) is 0 Å². The highest BCUT2D eigenvalue weighted by molar-refractivity contribution is 6.07. The lowest BCUT2D eigenvalue weighted by molar-refractivity contribution is 1.13. The van der Waals surface area contributed by atoms with E-state index in [1.54, 1.807) is 0 Å². The van der Waals surface area contributed by atoms with E-state index in [0.717, 1.165) is 22.0 Å². The number of para-hydroxylation sites is 1. The average molecular weight is 261 g/mol. The summed E-state index contributed by atoms with van der Waals surface area (Å²) in [6.45, 7) is 0. The van der Waals surface area contributed by atoms with Crippen LogP contribution >= 0.6 is 0 Å². The molecule has 4 rings (SSSR count). The molecule has 0 atom stereocenters. The first-order valence-electron chi connectivity index (χ1n) is 6.39. The number of hydrogen-bond donors (Lipinski definition) is 2. The van der Waals surface area contributed by atoms with Gasteiger partial charge in [-0.2, -0.15) is 5.10 Å². The molecule has 0 fully saturated rings. The fourth-order valence-electron chi connectivity index (χ4n) is 2.56. The Morgan fingerprint density at radius 1 is 0.900 bits per heavy atom. The molecule has 0 bridgehead atoms. The van der Waals surface area contributed by atoms with E-state index in [2.05, 4.69) is 15.2 Å². The van der Waals surface area contributed by atoms with Gasteiger partial charge in [0.2, 0.25) is 0 Å². The molecule has 0 aliphatic heterocycles. The zero-order valence-electron chi connectivity index (χ0n) is 10.6. The third-order valence-corrected chi connectivity index (χ3v) is 3.49. The van der Waals surface area contributed by atoms with Crippen LogP contribution in [0.2, 0.25) is 0 Å². The van der Waals surface area contributed by atoms with E-state index >= 15 is 0 Å². The number of rotatable bonds is 1. The molecule has 0 aliphatic rings. The Kier molecular flexibility index (Phi) is 2.23. The van der Waals surface area contributed by atoms with Crippen LogP contribution in [0.25, 0.3) is 33.1 Å². The topological polar surface area (TPSA) is 61.5 Å². The molecule has 4 aromatic rings. The molecular formula is C16H11N3O. The highest BCUT2D eigenvalue weighted by atomic mass is 16.1. The van der Waals surface area contributed by atoms with Gasteiger partial charge < -0.3 is 4.98 Å². The van der Waals surface area contributed by atoms with Crippen LogP contribution in [0.1, 0.15) is 0 Å². The van der Waals surface area contributed by atoms with Crippen LogP contribution in [0.5, 0.6) is 0 Å². The van der Waals surface area contributed by atoms with E-state index in [0.29, 0.717) is 11.1 Å². The van der Waals surface area contributed by atoms with E-state index in [4.69, 9.17) is 0 Å². The SMILES string of the molecule is O=c1[nH]c2ccccc2c2[nH]nc(-c3ccccc3)c12. The summed E-state index contributed by atoms with van der Waals surface area (Å²) in [6, 6.07) is 17.4. The molecule has 2 aromatic heterocycles. The minimum Gasteiger partial charge on any atom is -0.321 e. The summed E-state index contributed by atoms with van der Waals surface area (Å²) in [6.07, 6.45) is 0. The number of H-pyrrole nitrogens is 2. The van der Waals surface area contributed by atoms with Crippen LogP contribution < -0.4 is 5.56 Å². The summed E-state index contributed by atoms with van der Waals surface area (Å²) in [7, 11) is 0. The Morgan fingerprint density at radius 3 is 2.50 bits per heavy atom. The van der Waals surface area contributed by atoms with Crippen LogP contribution in [0, 0.1) is 0 Å². The molecule has 2 aromatic carbocycles. The molecule has 0 spiro atoms. The van der Waals surface area contributed by atoms with Crippen LogP contribution in [0.4, 0.5) is 0 Å². The molecule has 4 nitrogen and oxygen atoms in total. The van der Waals surface area contributed by atoms with E-state index in [-0.39, 0.29) is 5.56 Å². The smallest absolute Gasteiger partial charge is 0.260 e. The van der Waals surface area contributed by atoms with E-state index < -0.39 is 0 Å². The molecule has 96 valence electrons. The second-order valence-electron chi connectivity index (χ2n) is 4.69. The van der Waals surface area contributed by atoms with Crippen molar-refractivity contribution in [1.82, 2.24) is 15.2 Å². The van der Waals surface area contributed by atoms with Gasteiger partial charge in [-0.15, -0.1) is 0 Å². The number of pyridine rings is 1. The molecule has 4 heteroatoms. The first-order valence-corrected chi connectivity index (χ1v) is 6.39. The standard InChI is InChI=1S/C16H11N3O/c20-16-13-14(10-6-2-1-3-7-10)18-19-15(13)11-8-4-5-9-12(11)17-16/h1-9H,(H,17,20)(H,18,19). The largest absolute Gasteiger partial charge is 0.321 e. The summed E-state index contributed by atoms with van der Waals surface area (Å²) < 4.78 is 0. The molecule has 0 unspecified atom stereocenters. The summed E-state index contributed by atoms with van der Waals surface area (Å²) in [5.74, 6) is 0. The molecule has 0 radical (unpaired) electrons. The molecule has 2 N–H and O–H groups in total. The summed E-state index contributed by atoms with van der Waals surface area (Å²) in [4.78, 5) is 15.2. The van der Waals surface area contributed by atoms with Gasteiger partial charge >= 0.3 is 0 Å². The van der Waals surface area contributed by atoms with E-state index in [9.17, 15) is 4.79 Å². The van der Waals surface area contributed by atoms with Crippen molar-refractivity contribution in [2.45, 2.75) is 0 Å². The zero-order valence-corrected chi connectivity index (χ0v) is 10.6. The molecule has 0 amide bonds. The maximum Gasteiger partial charge on any atom is 0.260 e. The predicted octanol–water partition coefficient (Wildman–Crippen LogP) is 3.07. The maximum atomic E-state index is 12.3. The molecule has 2 heterocycles. The van der Waals surface area contributed by atoms with Crippen LogP contribution in [-0.2, 0) is 0 Å². The molecule has 20 heavy (non-hydrogen) atoms. The normalized spacial score (nSPS) is 11.2. The number of hydrogen-bond acceptors (Lipinski definition) is 2. The average Bonchev–Trinajstić information content (AvgIpc) is 2.94. The van der Waals surface area contributed by atoms with Crippen molar-refractivity contribution in [3.05, 3.63) is 65.0 Å². The highest BCUT2D eigenvalue weighted by Gasteiger charge is 2.14. The summed E-state index contributed by atoms with van der Waals surface area (Å²) >= 11 is 0. The van der Waals surface area contributed by atoms with Gasteiger partial charge in [-0.05, 0) is 6.07 Å². The quantitative estimate of drug-likeness (QED) is 0.553. The lowest BCUT2D eigenvalue weighted by atomic mass is 10.1. The van der Waals surface area contributed by atoms with Gasteiger partial charge in [-0.3, -0.25) is 9.89 Å². The minimum absolute atomic E-state index is 0.119. The van der Waals surface area contributed by atoms with Gasteiger partial charge in [0.05, 0.1) is 16.4 Å². The van der Waals surface area contributed by atoms with Gasteiger partial charge in [0.25, 0.3) is 5.56 Å². The number of aromatic amines is 2. The van der Waals surface area contributed by atoms with Gasteiger partial charge in [0, 0.05) is 10.9 Å². The maximum absolute atomic E-state index is 12.3. The Labute approximate surface area is 114 Å². The summed E-state index contributed by atoms with van der Waals surface area (Å²) in [5, 5.41) is 8.91. The van der Waals surface area contributed by atoms with Crippen molar-refractivity contribution in [2.24, 2.45) is 0 Å². The van der Waals surface area contributed by atoms with Crippen LogP contribution in [-0.4, -0.2) is 15.2 Å². The third-order valence-electron chi connectivity index (χ3n) is 3.49. The second-order valence-corrected chi connectivity index (χ2v) is 4.69. The van der Waals surface area contributed by atoms with Crippen LogP contribution in [0.15, 0.2) is 59.4 Å². The number of benzene rings is 2. The van der Waals surface area contributed by atoms with Gasteiger partial charge in [0.1, 0.15) is 5.69 Å². The Bertz CT molecular complexity index is 967. The first-order chi connectivity index (χ1) is 9.84. The van der Waals surface area contributed by atoms with Crippen LogP contribution in [0.3, 0.4) is 0 Å². The molecule has 0 saturated heterocycles. The molecular weight excluding hydrogens is 250 g/mol. The van der Waals surface area contributed by atoms with Crippen molar-refractivity contribution in [3.8, 4) is 11.3 Å². The van der Waals surface area contributed by atoms with Crippen molar-refractivity contribution in [1.29, 1.82) is 0 Å². The zero-order chi connectivity index (χ0) is 13.5. The minimum atomic E-state index is -0.119. The monoisotopic (exact) mass is 261 g/mol. The molecule has 0 saturated carbocycles. The van der Waals surface area contributed by atoms with Gasteiger partial charge in [0.15, 0.2) is 0 Å². The van der Waals surface area contributed by atoms with Crippen molar-refractivity contribution in [2.75, 3.05) is 0 Å². The number of fused-ring (bicyclic) bond motifs is 3. The number of nitrogens with one attached hydrogen (secondary N) is 2. The van der Waals surface area contributed by atoms with Crippen molar-refractivity contribution >= 4 is 21.8 Å². The van der Waals surface area contributed by atoms with Gasteiger partial charge in [-0.1, -0.05) is 48.5 Å². The fraction of sp³-hybridized carbons (Fsp3) is 0. The second kappa shape index (κ2) is 4.06. The Balaban J connectivity index is 2.16. The highest BCUT2D eigenvalue weighted by Crippen LogP contribution is 2.27. The summed E-state index contributed by atoms with van der Waals surface area (Å²) in [5.41, 5.74) is 3.09. The third kappa shape index (κ3) is 1.48. The Hall–Kier alpha value is -2.88. The number of nitrogens with zero attached hydrogens (tertiary/aromatic N) is 1. The number of aromatic nitrogens is 3. The fourth-order valence-corrected chi connectivity index (χ4v) is 2.56. The lowest BCUT2D eigenvalue weighted by Gasteiger charge is -2.00. The Morgan fingerprint density at radius 2 is 1.65 bits per heavy atom. The van der Waals surface area contributed by atoms with E-state index in [1.807, 2.05) is 54.6 Å². The van der Waals surface area contributed by atoms with Gasteiger partial charge in [-0.25, -0.2) is 0 Å².